The number of piperidine rings is 1. The van der Waals surface area contributed by atoms with Gasteiger partial charge in [-0.15, -0.1) is 0 Å². The van der Waals surface area contributed by atoms with Crippen molar-refractivity contribution >= 4 is 11.8 Å². The van der Waals surface area contributed by atoms with E-state index < -0.39 is 5.91 Å². The molecule has 4 rings (SSSR count). The van der Waals surface area contributed by atoms with E-state index in [0.29, 0.717) is 28.0 Å². The lowest BCUT2D eigenvalue weighted by atomic mass is 9.78. The molecule has 0 aromatic heterocycles. The minimum atomic E-state index is -0.470. The summed E-state index contributed by atoms with van der Waals surface area (Å²) in [4.78, 5) is 25.9. The van der Waals surface area contributed by atoms with Crippen molar-refractivity contribution in [2.45, 2.75) is 19.3 Å². The van der Waals surface area contributed by atoms with E-state index >= 15 is 0 Å². The molecule has 2 fully saturated rings. The van der Waals surface area contributed by atoms with Crippen LogP contribution in [0.1, 0.15) is 40.0 Å². The molecule has 146 valence electrons. The Kier molecular flexibility index (Phi) is 5.05. The maximum atomic E-state index is 12.8. The molecule has 2 aliphatic heterocycles. The number of amides is 2. The first-order valence-corrected chi connectivity index (χ1v) is 9.73. The predicted octanol–water partition coefficient (Wildman–Crippen LogP) is 2.79. The lowest BCUT2D eigenvalue weighted by Gasteiger charge is -2.38. The fourth-order valence-corrected chi connectivity index (χ4v) is 4.08. The molecular weight excluding hydrogens is 354 g/mol. The average molecular weight is 379 g/mol. The normalized spacial score (nSPS) is 18.2. The molecule has 6 heteroatoms. The Morgan fingerprint density at radius 1 is 0.893 bits per heavy atom. The van der Waals surface area contributed by atoms with E-state index in [9.17, 15) is 9.59 Å². The summed E-state index contributed by atoms with van der Waals surface area (Å²) in [5.74, 6) is 0.856. The first kappa shape index (κ1) is 18.5. The van der Waals surface area contributed by atoms with Gasteiger partial charge >= 0.3 is 0 Å². The van der Waals surface area contributed by atoms with Gasteiger partial charge in [-0.25, -0.2) is 0 Å². The summed E-state index contributed by atoms with van der Waals surface area (Å²) in [7, 11) is 0. The summed E-state index contributed by atoms with van der Waals surface area (Å²) >= 11 is 0. The van der Waals surface area contributed by atoms with Gasteiger partial charge in [0.25, 0.3) is 5.91 Å². The highest BCUT2D eigenvalue weighted by Gasteiger charge is 2.38. The van der Waals surface area contributed by atoms with Gasteiger partial charge in [-0.1, -0.05) is 0 Å². The molecule has 2 aliphatic rings. The van der Waals surface area contributed by atoms with Crippen LogP contribution < -0.4 is 15.8 Å². The fraction of sp³-hybridized carbons (Fsp3) is 0.364. The summed E-state index contributed by atoms with van der Waals surface area (Å²) < 4.78 is 5.77. The Morgan fingerprint density at radius 3 is 1.96 bits per heavy atom. The highest BCUT2D eigenvalue weighted by molar-refractivity contribution is 5.94. The number of likely N-dealkylation sites (tertiary alicyclic amines) is 1. The zero-order valence-electron chi connectivity index (χ0n) is 15.8. The van der Waals surface area contributed by atoms with Crippen molar-refractivity contribution in [3.8, 4) is 11.5 Å². The number of carbonyl (C=O) groups excluding carboxylic acids is 2. The van der Waals surface area contributed by atoms with Gasteiger partial charge in [0.05, 0.1) is 0 Å². The van der Waals surface area contributed by atoms with Crippen molar-refractivity contribution in [3.63, 3.8) is 0 Å². The number of hydrogen-bond acceptors (Lipinski definition) is 4. The molecule has 1 spiro atoms. The molecular formula is C22H25N3O3. The van der Waals surface area contributed by atoms with Crippen LogP contribution in [0.5, 0.6) is 11.5 Å². The smallest absolute Gasteiger partial charge is 0.253 e. The third-order valence-corrected chi connectivity index (χ3v) is 5.92. The first-order chi connectivity index (χ1) is 13.5. The predicted molar refractivity (Wildman–Crippen MR) is 107 cm³/mol. The van der Waals surface area contributed by atoms with Crippen LogP contribution in [0.4, 0.5) is 0 Å². The maximum absolute atomic E-state index is 12.8. The topological polar surface area (TPSA) is 84.7 Å². The van der Waals surface area contributed by atoms with Crippen LogP contribution in [-0.4, -0.2) is 42.9 Å². The molecule has 0 unspecified atom stereocenters. The number of ether oxygens (including phenoxy) is 1. The van der Waals surface area contributed by atoms with Crippen LogP contribution in [-0.2, 0) is 0 Å². The largest absolute Gasteiger partial charge is 0.457 e. The van der Waals surface area contributed by atoms with Crippen molar-refractivity contribution in [1.29, 1.82) is 0 Å². The second-order valence-electron chi connectivity index (χ2n) is 7.73. The number of benzene rings is 2. The fourth-order valence-electron chi connectivity index (χ4n) is 4.08. The number of carbonyl (C=O) groups is 2. The number of nitrogens with two attached hydrogens (primary N) is 1. The molecule has 3 N–H and O–H groups in total. The number of hydrogen-bond donors (Lipinski definition) is 2. The van der Waals surface area contributed by atoms with Crippen molar-refractivity contribution in [2.75, 3.05) is 26.2 Å². The molecule has 2 saturated heterocycles. The summed E-state index contributed by atoms with van der Waals surface area (Å²) in [6.45, 7) is 3.83. The van der Waals surface area contributed by atoms with Crippen molar-refractivity contribution in [1.82, 2.24) is 10.2 Å². The molecule has 2 amide bonds. The average Bonchev–Trinajstić information content (AvgIpc) is 3.17. The summed E-state index contributed by atoms with van der Waals surface area (Å²) in [5.41, 5.74) is 6.75. The van der Waals surface area contributed by atoms with E-state index in [0.717, 1.165) is 39.0 Å². The Bertz CT molecular complexity index is 846. The standard InChI is InChI=1S/C22H25N3O3/c23-20(26)16-1-5-18(6-2-16)28-19-7-3-17(4-8-19)21(27)25-13-10-22(11-14-25)9-12-24-15-22/h1-8,24H,9-15H2,(H2,23,26). The van der Waals surface area contributed by atoms with E-state index in [1.807, 2.05) is 4.90 Å². The molecule has 0 aliphatic carbocycles. The lowest BCUT2D eigenvalue weighted by Crippen LogP contribution is -2.44. The number of nitrogens with zero attached hydrogens (tertiary/aromatic N) is 1. The van der Waals surface area contributed by atoms with Gasteiger partial charge in [0.15, 0.2) is 0 Å². The zero-order chi connectivity index (χ0) is 19.6. The Balaban J connectivity index is 1.36. The van der Waals surface area contributed by atoms with E-state index in [1.165, 1.54) is 6.42 Å². The Hall–Kier alpha value is -2.86. The number of nitrogens with one attached hydrogen (secondary N) is 1. The molecule has 0 radical (unpaired) electrons. The van der Waals surface area contributed by atoms with E-state index in [2.05, 4.69) is 5.32 Å². The molecule has 6 nitrogen and oxygen atoms in total. The second-order valence-corrected chi connectivity index (χ2v) is 7.73. The minimum absolute atomic E-state index is 0.0816. The molecule has 2 heterocycles. The highest BCUT2D eigenvalue weighted by Crippen LogP contribution is 2.37. The summed E-state index contributed by atoms with van der Waals surface area (Å²) in [5, 5.41) is 3.45. The number of rotatable bonds is 4. The van der Waals surface area contributed by atoms with E-state index in [1.54, 1.807) is 48.5 Å². The lowest BCUT2D eigenvalue weighted by molar-refractivity contribution is 0.0607. The molecule has 0 bridgehead atoms. The monoisotopic (exact) mass is 379 g/mol. The third kappa shape index (κ3) is 3.87. The zero-order valence-corrected chi connectivity index (χ0v) is 15.8. The van der Waals surface area contributed by atoms with Crippen LogP contribution in [0.15, 0.2) is 48.5 Å². The van der Waals surface area contributed by atoms with Crippen LogP contribution in [0.2, 0.25) is 0 Å². The molecule has 0 saturated carbocycles. The maximum Gasteiger partial charge on any atom is 0.253 e. The van der Waals surface area contributed by atoms with Gasteiger partial charge in [0.1, 0.15) is 11.5 Å². The van der Waals surface area contributed by atoms with Gasteiger partial charge in [-0.3, -0.25) is 9.59 Å². The molecule has 2 aromatic carbocycles. The van der Waals surface area contributed by atoms with Crippen LogP contribution in [0.3, 0.4) is 0 Å². The third-order valence-electron chi connectivity index (χ3n) is 5.92. The van der Waals surface area contributed by atoms with E-state index in [4.69, 9.17) is 10.5 Å². The van der Waals surface area contributed by atoms with Crippen molar-refractivity contribution < 1.29 is 14.3 Å². The SMILES string of the molecule is NC(=O)c1ccc(Oc2ccc(C(=O)N3CCC4(CCNC4)CC3)cc2)cc1. The van der Waals surface area contributed by atoms with Crippen molar-refractivity contribution in [2.24, 2.45) is 11.1 Å². The quantitative estimate of drug-likeness (QED) is 0.855. The van der Waals surface area contributed by atoms with Gasteiger partial charge < -0.3 is 20.7 Å². The minimum Gasteiger partial charge on any atom is -0.457 e. The van der Waals surface area contributed by atoms with Crippen molar-refractivity contribution in [3.05, 3.63) is 59.7 Å². The molecule has 0 atom stereocenters. The molecule has 28 heavy (non-hydrogen) atoms. The van der Waals surface area contributed by atoms with E-state index in [-0.39, 0.29) is 5.91 Å². The second kappa shape index (κ2) is 7.64. The van der Waals surface area contributed by atoms with Gasteiger partial charge in [0, 0.05) is 30.8 Å². The summed E-state index contributed by atoms with van der Waals surface area (Å²) in [6.07, 6.45) is 3.38. The van der Waals surface area contributed by atoms with Crippen LogP contribution in [0.25, 0.3) is 0 Å². The highest BCUT2D eigenvalue weighted by atomic mass is 16.5. The molecule has 2 aromatic rings. The van der Waals surface area contributed by atoms with Gasteiger partial charge in [-0.2, -0.15) is 0 Å². The Morgan fingerprint density at radius 2 is 1.46 bits per heavy atom. The number of primary amides is 1. The Labute approximate surface area is 164 Å². The van der Waals surface area contributed by atoms with Gasteiger partial charge in [-0.05, 0) is 79.8 Å². The van der Waals surface area contributed by atoms with Crippen LogP contribution in [0, 0.1) is 5.41 Å². The first-order valence-electron chi connectivity index (χ1n) is 9.73. The van der Waals surface area contributed by atoms with Crippen LogP contribution >= 0.6 is 0 Å². The summed E-state index contributed by atoms with van der Waals surface area (Å²) in [6, 6.07) is 13.8. The van der Waals surface area contributed by atoms with Gasteiger partial charge in [0.2, 0.25) is 5.91 Å².